The Kier molecular flexibility index (Phi) is 8.45. The molecule has 4 rings (SSSR count). The zero-order valence-electron chi connectivity index (χ0n) is 21.0. The van der Waals surface area contributed by atoms with Crippen LogP contribution in [0.1, 0.15) is 23.6 Å². The van der Waals surface area contributed by atoms with Crippen LogP contribution in [0.3, 0.4) is 0 Å². The van der Waals surface area contributed by atoms with Gasteiger partial charge in [0.15, 0.2) is 10.9 Å². The van der Waals surface area contributed by atoms with Crippen molar-refractivity contribution in [1.29, 1.82) is 0 Å². The number of ether oxygens (including phenoxy) is 1. The molecule has 1 aromatic heterocycles. The number of benzene rings is 3. The Morgan fingerprint density at radius 2 is 1.82 bits per heavy atom. The first-order valence-electron chi connectivity index (χ1n) is 11.9. The van der Waals surface area contributed by atoms with E-state index in [4.69, 9.17) is 12.2 Å². The van der Waals surface area contributed by atoms with Crippen molar-refractivity contribution in [1.82, 2.24) is 25.4 Å². The van der Waals surface area contributed by atoms with Gasteiger partial charge >= 0.3 is 12.4 Å². The molecule has 0 radical (unpaired) electrons. The van der Waals surface area contributed by atoms with E-state index in [1.807, 2.05) is 56.3 Å². The fourth-order valence-corrected chi connectivity index (χ4v) is 4.01. The summed E-state index contributed by atoms with van der Waals surface area (Å²) in [6.45, 7) is 4.25. The Morgan fingerprint density at radius 1 is 1.08 bits per heavy atom. The number of alkyl halides is 3. The number of carbonyl (C=O) groups excluding carboxylic acids is 1. The molecule has 0 aliphatic heterocycles. The lowest BCUT2D eigenvalue weighted by atomic mass is 10.1. The predicted molar refractivity (Wildman–Crippen MR) is 146 cm³/mol. The first-order valence-corrected chi connectivity index (χ1v) is 12.3. The molecule has 0 spiro atoms. The molecule has 12 heteroatoms. The number of aryl methyl sites for hydroxylation is 2. The Labute approximate surface area is 228 Å². The summed E-state index contributed by atoms with van der Waals surface area (Å²) in [6, 6.07) is 18.1. The van der Waals surface area contributed by atoms with Crippen LogP contribution in [0.5, 0.6) is 5.75 Å². The van der Waals surface area contributed by atoms with Gasteiger partial charge < -0.3 is 15.4 Å². The van der Waals surface area contributed by atoms with Gasteiger partial charge in [0.05, 0.1) is 5.69 Å². The Balaban J connectivity index is 1.34. The van der Waals surface area contributed by atoms with Crippen LogP contribution in [0.2, 0.25) is 0 Å². The van der Waals surface area contributed by atoms with Crippen molar-refractivity contribution in [2.75, 3.05) is 5.32 Å². The number of halogens is 3. The molecular weight excluding hydrogens is 529 g/mol. The topological polar surface area (TPSA) is 93.1 Å². The van der Waals surface area contributed by atoms with Crippen molar-refractivity contribution < 1.29 is 22.7 Å². The highest BCUT2D eigenvalue weighted by Gasteiger charge is 2.31. The normalized spacial score (nSPS) is 11.1. The van der Waals surface area contributed by atoms with E-state index in [9.17, 15) is 18.0 Å². The minimum Gasteiger partial charge on any atom is -0.406 e. The van der Waals surface area contributed by atoms with E-state index in [2.05, 4.69) is 30.8 Å². The number of rotatable bonds is 7. The van der Waals surface area contributed by atoms with Crippen LogP contribution in [0, 0.1) is 6.92 Å². The molecule has 2 amide bonds. The molecule has 4 aromatic rings. The third kappa shape index (κ3) is 7.54. The summed E-state index contributed by atoms with van der Waals surface area (Å²) in [5.41, 5.74) is 5.03. The minimum absolute atomic E-state index is 0.193. The molecule has 8 nitrogen and oxygen atoms in total. The molecule has 3 N–H and O–H groups in total. The van der Waals surface area contributed by atoms with Crippen molar-refractivity contribution in [2.24, 2.45) is 0 Å². The van der Waals surface area contributed by atoms with E-state index in [0.29, 0.717) is 17.1 Å². The van der Waals surface area contributed by atoms with Crippen molar-refractivity contribution in [3.05, 3.63) is 89.7 Å². The third-order valence-corrected chi connectivity index (χ3v) is 5.87. The van der Waals surface area contributed by atoms with Crippen molar-refractivity contribution in [3.63, 3.8) is 0 Å². The van der Waals surface area contributed by atoms with Crippen molar-refractivity contribution in [3.8, 4) is 22.8 Å². The van der Waals surface area contributed by atoms with Crippen LogP contribution < -0.4 is 20.7 Å². The van der Waals surface area contributed by atoms with Crippen LogP contribution in [-0.4, -0.2) is 32.3 Å². The van der Waals surface area contributed by atoms with Gasteiger partial charge in [-0.05, 0) is 72.6 Å². The van der Waals surface area contributed by atoms with E-state index in [-0.39, 0.29) is 17.4 Å². The molecule has 0 bridgehead atoms. The largest absolute Gasteiger partial charge is 0.573 e. The van der Waals surface area contributed by atoms with Gasteiger partial charge in [-0.1, -0.05) is 43.3 Å². The lowest BCUT2D eigenvalue weighted by Gasteiger charge is -2.15. The van der Waals surface area contributed by atoms with Gasteiger partial charge in [0, 0.05) is 17.8 Å². The number of nitrogens with zero attached hydrogens (tertiary/aromatic N) is 3. The first-order chi connectivity index (χ1) is 18.6. The number of hydrogen-bond acceptors (Lipinski definition) is 5. The second kappa shape index (κ2) is 11.9. The number of para-hydroxylation sites is 1. The van der Waals surface area contributed by atoms with Crippen molar-refractivity contribution >= 4 is 29.0 Å². The Morgan fingerprint density at radius 3 is 2.54 bits per heavy atom. The molecule has 0 aliphatic rings. The van der Waals surface area contributed by atoms with E-state index in [1.54, 1.807) is 0 Å². The van der Waals surface area contributed by atoms with E-state index in [0.717, 1.165) is 28.8 Å². The Hall–Kier alpha value is -4.45. The second-order valence-electron chi connectivity index (χ2n) is 8.48. The van der Waals surface area contributed by atoms with E-state index in [1.165, 1.54) is 35.3 Å². The molecule has 0 saturated carbocycles. The van der Waals surface area contributed by atoms with Gasteiger partial charge in [-0.3, -0.25) is 5.32 Å². The zero-order chi connectivity index (χ0) is 28.0. The number of aromatic nitrogens is 3. The monoisotopic (exact) mass is 554 g/mol. The van der Waals surface area contributed by atoms with Gasteiger partial charge in [-0.25, -0.2) is 14.5 Å². The fourth-order valence-electron chi connectivity index (χ4n) is 3.82. The van der Waals surface area contributed by atoms with Gasteiger partial charge in [-0.2, -0.15) is 0 Å². The molecular formula is C27H25F3N6O2S. The summed E-state index contributed by atoms with van der Waals surface area (Å²) >= 11 is 5.31. The van der Waals surface area contributed by atoms with Crippen LogP contribution in [0.25, 0.3) is 17.1 Å². The smallest absolute Gasteiger partial charge is 0.406 e. The predicted octanol–water partition coefficient (Wildman–Crippen LogP) is 5.90. The number of anilines is 1. The summed E-state index contributed by atoms with van der Waals surface area (Å²) in [7, 11) is 0. The van der Waals surface area contributed by atoms with E-state index < -0.39 is 12.4 Å². The van der Waals surface area contributed by atoms with Gasteiger partial charge in [0.2, 0.25) is 0 Å². The Bertz CT molecular complexity index is 1470. The number of thiocarbonyl (C=S) groups is 1. The molecule has 202 valence electrons. The van der Waals surface area contributed by atoms with Crippen molar-refractivity contribution in [2.45, 2.75) is 33.2 Å². The molecule has 0 atom stereocenters. The molecule has 3 aromatic carbocycles. The molecule has 0 unspecified atom stereocenters. The number of nitrogens with one attached hydrogen (secondary N) is 3. The first kappa shape index (κ1) is 27.6. The summed E-state index contributed by atoms with van der Waals surface area (Å²) in [4.78, 5) is 16.7. The highest BCUT2D eigenvalue weighted by atomic mass is 32.1. The van der Waals surface area contributed by atoms with E-state index >= 15 is 0 Å². The summed E-state index contributed by atoms with van der Waals surface area (Å²) in [5.74, 6) is 0.0838. The second-order valence-corrected chi connectivity index (χ2v) is 8.89. The van der Waals surface area contributed by atoms with Crippen LogP contribution in [0.15, 0.2) is 73.1 Å². The standard InChI is InChI=1S/C27H25F3N6O2S/c1-3-19-8-4-6-17(2)23(19)33-26(39)34-25(37)31-15-18-7-5-9-20(14-18)24-32-16-36(35-24)21-10-12-22(13-11-21)38-27(28,29)30/h4-14,16H,3,15H2,1-2H3,(H3,31,33,34,37,39). The number of hydrogen-bond donors (Lipinski definition) is 3. The van der Waals surface area contributed by atoms with Crippen LogP contribution in [-0.2, 0) is 13.0 Å². The number of carbonyl (C=O) groups is 1. The molecule has 0 fully saturated rings. The molecule has 0 aliphatic carbocycles. The zero-order valence-corrected chi connectivity index (χ0v) is 21.9. The van der Waals surface area contributed by atoms with Gasteiger partial charge in [0.25, 0.3) is 0 Å². The molecule has 39 heavy (non-hydrogen) atoms. The van der Waals surface area contributed by atoms with Crippen LogP contribution >= 0.6 is 12.2 Å². The average molecular weight is 555 g/mol. The maximum Gasteiger partial charge on any atom is 0.573 e. The summed E-state index contributed by atoms with van der Waals surface area (Å²) in [6.07, 6.45) is -2.48. The number of urea groups is 1. The molecule has 0 saturated heterocycles. The summed E-state index contributed by atoms with van der Waals surface area (Å²) in [5, 5.41) is 13.1. The van der Waals surface area contributed by atoms with Gasteiger partial charge in [0.1, 0.15) is 12.1 Å². The highest BCUT2D eigenvalue weighted by Crippen LogP contribution is 2.24. The fraction of sp³-hybridized carbons (Fsp3) is 0.185. The lowest BCUT2D eigenvalue weighted by Crippen LogP contribution is -2.41. The third-order valence-electron chi connectivity index (χ3n) is 5.67. The number of amides is 2. The minimum atomic E-state index is -4.76. The highest BCUT2D eigenvalue weighted by molar-refractivity contribution is 7.80. The SMILES string of the molecule is CCc1cccc(C)c1NC(=S)NC(=O)NCc1cccc(-c2ncn(-c3ccc(OC(F)(F)F)cc3)n2)c1. The molecule has 1 heterocycles. The maximum atomic E-state index is 12.4. The quantitative estimate of drug-likeness (QED) is 0.247. The summed E-state index contributed by atoms with van der Waals surface area (Å²) < 4.78 is 42.5. The van der Waals surface area contributed by atoms with Gasteiger partial charge in [-0.15, -0.1) is 18.3 Å². The van der Waals surface area contributed by atoms with Crippen LogP contribution in [0.4, 0.5) is 23.7 Å². The lowest BCUT2D eigenvalue weighted by molar-refractivity contribution is -0.274. The average Bonchev–Trinajstić information content (AvgIpc) is 3.39. The maximum absolute atomic E-state index is 12.4.